The normalized spacial score (nSPS) is 25.0. The van der Waals surface area contributed by atoms with Gasteiger partial charge >= 0.3 is 0 Å². The maximum Gasteiger partial charge on any atom is 0.248 e. The van der Waals surface area contributed by atoms with Crippen molar-refractivity contribution in [1.29, 1.82) is 0 Å². The van der Waals surface area contributed by atoms with Gasteiger partial charge in [0.1, 0.15) is 72.5 Å². The Bertz CT molecular complexity index is 3270. The van der Waals surface area contributed by atoms with Crippen molar-refractivity contribution < 1.29 is 72.2 Å². The zero-order valence-electron chi connectivity index (χ0n) is 63.9. The first-order valence-electron chi connectivity index (χ1n) is 35.9. The second-order valence-corrected chi connectivity index (χ2v) is 29.4. The van der Waals surface area contributed by atoms with E-state index in [2.05, 4.69) is 37.2 Å². The van der Waals surface area contributed by atoms with Gasteiger partial charge in [0, 0.05) is 68.2 Å². The molecule has 8 N–H and O–H groups in total. The van der Waals surface area contributed by atoms with Gasteiger partial charge in [0.2, 0.25) is 82.7 Å². The van der Waals surface area contributed by atoms with Gasteiger partial charge in [-0.05, 0) is 108 Å². The van der Waals surface area contributed by atoms with Crippen molar-refractivity contribution in [3.05, 3.63) is 71.8 Å². The maximum absolute atomic E-state index is 15.5. The quantitative estimate of drug-likeness (QED) is 0.110. The van der Waals surface area contributed by atoms with E-state index in [9.17, 15) is 53.1 Å². The van der Waals surface area contributed by atoms with E-state index in [1.54, 1.807) is 114 Å². The standard InChI is InChI=1S/C74H116N14O15/c1-42(2)35-53-65(94)80-55(72(101)85(17)57(39-52-31-25-21-26-32-52)66(95)77-48(11)70(99)88-33-27-22-28-34-88)40-59(90)75-47(10)69(98)86(18)58(37-44(5)6)73(102)83(15)49(12)64(93)81-61(50(13)89)74(103)82(14)41-60(91)87(19)62(45(7)8)68(97)76-46(9)63(92)79-54(38-51-29-23-20-24-30-51)71(100)84(16)56(36-43(3)4)67(96)78-53/h20-21,23-26,29-32,42-50,53-58,61-62,89H,22,27-28,33-41H2,1-19H3,(H,75,90)(H,76,97)(H,77,95)(H,78,96)(H,79,92)(H,80,94)(H,81,93)/t46-,47-,48-,49-,50+,53-,54-,55-,56-,57-,58-,61-,62-/m0/s1. The smallest absolute Gasteiger partial charge is 0.248 e. The highest BCUT2D eigenvalue weighted by Crippen LogP contribution is 2.21. The van der Waals surface area contributed by atoms with Crippen LogP contribution in [0.5, 0.6) is 0 Å². The number of carbonyl (C=O) groups excluding carboxylic acids is 14. The Morgan fingerprint density at radius 1 is 0.544 bits per heavy atom. The SMILES string of the molecule is CC(C)C[C@@H]1NC(=O)[C@H](CC(C)C)N(C)C(=O)[C@H](Cc2ccccc2)NC(=O)[C@H](C)NC(=O)[C@H](C(C)C)N(C)C(=O)CN(C)C(=O)[C@H]([C@@H](C)O)NC(=O)[C@H](C)N(C)C(=O)[C@H](CC(C)C)N(C)C(=O)[C@H](C)NC(=O)C[C@@H](C(=O)N(C)[C@@H](Cc2ccccc2)C(=O)N[C@@H](C)C(=O)N2CCCCC2)NC1=O. The molecule has 2 saturated heterocycles. The highest BCUT2D eigenvalue weighted by Gasteiger charge is 2.43. The van der Waals surface area contributed by atoms with Crippen molar-refractivity contribution in [2.75, 3.05) is 61.9 Å². The number of piperidine rings is 1. The number of nitrogens with zero attached hydrogens (tertiary/aromatic N) is 7. The fraction of sp³-hybridized carbons (Fsp3) is 0.649. The van der Waals surface area contributed by atoms with E-state index < -0.39 is 174 Å². The second-order valence-electron chi connectivity index (χ2n) is 29.4. The maximum atomic E-state index is 15.5. The van der Waals surface area contributed by atoms with E-state index in [0.29, 0.717) is 24.2 Å². The molecule has 2 heterocycles. The summed E-state index contributed by atoms with van der Waals surface area (Å²) in [5, 5.41) is 29.8. The molecule has 29 heteroatoms. The monoisotopic (exact) mass is 1440 g/mol. The number of hydrogen-bond donors (Lipinski definition) is 8. The van der Waals surface area contributed by atoms with Gasteiger partial charge in [0.05, 0.1) is 19.1 Å². The zero-order chi connectivity index (χ0) is 77.6. The number of aliphatic hydroxyl groups excluding tert-OH is 1. The summed E-state index contributed by atoms with van der Waals surface area (Å²) in [5.74, 6) is -12.6. The lowest BCUT2D eigenvalue weighted by atomic mass is 9.97. The van der Waals surface area contributed by atoms with Crippen LogP contribution in [-0.2, 0) is 80.0 Å². The number of benzene rings is 2. The molecule has 572 valence electrons. The molecule has 0 bridgehead atoms. The molecular formula is C74H116N14O15. The molecule has 4 rings (SSSR count). The van der Waals surface area contributed by atoms with E-state index in [4.69, 9.17) is 0 Å². The topological polar surface area (TPSA) is 366 Å². The lowest BCUT2D eigenvalue weighted by Gasteiger charge is -2.36. The van der Waals surface area contributed by atoms with Crippen LogP contribution in [0.3, 0.4) is 0 Å². The molecule has 2 aliphatic heterocycles. The molecule has 2 aromatic rings. The highest BCUT2D eigenvalue weighted by atomic mass is 16.3. The molecule has 2 fully saturated rings. The summed E-state index contributed by atoms with van der Waals surface area (Å²) in [6.07, 6.45) is -0.0660. The molecule has 2 aromatic carbocycles. The van der Waals surface area contributed by atoms with Gasteiger partial charge in [0.25, 0.3) is 0 Å². The molecule has 0 radical (unpaired) electrons. The molecule has 29 nitrogen and oxygen atoms in total. The van der Waals surface area contributed by atoms with Gasteiger partial charge < -0.3 is 76.6 Å². The minimum absolute atomic E-state index is 0.0283. The lowest BCUT2D eigenvalue weighted by Crippen LogP contribution is -2.62. The largest absolute Gasteiger partial charge is 0.391 e. The summed E-state index contributed by atoms with van der Waals surface area (Å²) in [7, 11) is 7.92. The minimum Gasteiger partial charge on any atom is -0.391 e. The van der Waals surface area contributed by atoms with Gasteiger partial charge in [0.15, 0.2) is 0 Å². The molecule has 0 unspecified atom stereocenters. The second kappa shape index (κ2) is 40.1. The van der Waals surface area contributed by atoms with Crippen molar-refractivity contribution in [3.8, 4) is 0 Å². The average molecular weight is 1440 g/mol. The van der Waals surface area contributed by atoms with Gasteiger partial charge in [-0.1, -0.05) is 116 Å². The van der Waals surface area contributed by atoms with Crippen molar-refractivity contribution in [2.45, 2.75) is 226 Å². The lowest BCUT2D eigenvalue weighted by molar-refractivity contribution is -0.150. The molecular weight excluding hydrogens is 1320 g/mol. The van der Waals surface area contributed by atoms with Gasteiger partial charge in [-0.15, -0.1) is 0 Å². The Hall–Kier alpha value is -9.02. The number of carbonyl (C=O) groups is 14. The average Bonchev–Trinajstić information content (AvgIpc) is 0.988. The number of nitrogens with one attached hydrogen (secondary N) is 7. The van der Waals surface area contributed by atoms with Crippen LogP contribution in [0.1, 0.15) is 146 Å². The molecule has 13 atom stereocenters. The summed E-state index contributed by atoms with van der Waals surface area (Å²) in [6, 6.07) is 0.733. The number of amides is 14. The van der Waals surface area contributed by atoms with Crippen molar-refractivity contribution >= 4 is 82.7 Å². The van der Waals surface area contributed by atoms with Crippen LogP contribution in [0.4, 0.5) is 0 Å². The van der Waals surface area contributed by atoms with Crippen LogP contribution in [0.25, 0.3) is 0 Å². The zero-order valence-corrected chi connectivity index (χ0v) is 63.9. The Morgan fingerprint density at radius 2 is 1.08 bits per heavy atom. The third-order valence-electron chi connectivity index (χ3n) is 18.9. The Kier molecular flexibility index (Phi) is 33.7. The molecule has 0 aliphatic carbocycles. The third-order valence-corrected chi connectivity index (χ3v) is 18.9. The Morgan fingerprint density at radius 3 is 1.62 bits per heavy atom. The first-order chi connectivity index (χ1) is 48.2. The van der Waals surface area contributed by atoms with Crippen LogP contribution >= 0.6 is 0 Å². The Labute approximate surface area is 607 Å². The van der Waals surface area contributed by atoms with Crippen LogP contribution in [-0.4, -0.2) is 263 Å². The van der Waals surface area contributed by atoms with E-state index >= 15 is 19.2 Å². The Balaban J connectivity index is 1.92. The van der Waals surface area contributed by atoms with Crippen LogP contribution < -0.4 is 37.2 Å². The van der Waals surface area contributed by atoms with Crippen molar-refractivity contribution in [3.63, 3.8) is 0 Å². The van der Waals surface area contributed by atoms with E-state index in [0.717, 1.165) is 43.8 Å². The molecule has 14 amide bonds. The molecule has 0 saturated carbocycles. The highest BCUT2D eigenvalue weighted by molar-refractivity contribution is 6.01. The fourth-order valence-corrected chi connectivity index (χ4v) is 12.7. The van der Waals surface area contributed by atoms with Crippen LogP contribution in [0.2, 0.25) is 0 Å². The number of likely N-dealkylation sites (N-methyl/N-ethyl adjacent to an activating group) is 6. The first kappa shape index (κ1) is 86.4. The van der Waals surface area contributed by atoms with E-state index in [1.165, 1.54) is 74.9 Å². The first-order valence-corrected chi connectivity index (χ1v) is 35.9. The van der Waals surface area contributed by atoms with E-state index in [1.807, 2.05) is 13.8 Å². The summed E-state index contributed by atoms with van der Waals surface area (Å²) in [5.41, 5.74) is 1.22. The molecule has 103 heavy (non-hydrogen) atoms. The van der Waals surface area contributed by atoms with Crippen molar-refractivity contribution in [1.82, 2.24) is 71.5 Å². The summed E-state index contributed by atoms with van der Waals surface area (Å²) < 4.78 is 0. The van der Waals surface area contributed by atoms with Gasteiger partial charge in [-0.3, -0.25) is 67.1 Å². The molecule has 2 aliphatic rings. The van der Waals surface area contributed by atoms with Gasteiger partial charge in [-0.25, -0.2) is 0 Å². The number of aliphatic hydroxyl groups is 1. The summed E-state index contributed by atoms with van der Waals surface area (Å²) in [6.45, 7) is 21.3. The van der Waals surface area contributed by atoms with E-state index in [-0.39, 0.29) is 55.8 Å². The molecule has 0 spiro atoms. The number of likely N-dealkylation sites (tertiary alicyclic amines) is 1. The number of rotatable bonds is 17. The van der Waals surface area contributed by atoms with Crippen LogP contribution in [0.15, 0.2) is 60.7 Å². The fourth-order valence-electron chi connectivity index (χ4n) is 12.7. The van der Waals surface area contributed by atoms with Gasteiger partial charge in [-0.2, -0.15) is 0 Å². The predicted octanol–water partition coefficient (Wildman–Crippen LogP) is 1.13. The minimum atomic E-state index is -1.84. The third kappa shape index (κ3) is 25.1. The number of hydrogen-bond acceptors (Lipinski definition) is 15. The summed E-state index contributed by atoms with van der Waals surface area (Å²) >= 11 is 0. The summed E-state index contributed by atoms with van der Waals surface area (Å²) in [4.78, 5) is 212. The van der Waals surface area contributed by atoms with Crippen LogP contribution in [0, 0.1) is 23.7 Å². The van der Waals surface area contributed by atoms with Crippen molar-refractivity contribution in [2.24, 2.45) is 23.7 Å². The predicted molar refractivity (Wildman–Crippen MR) is 387 cm³/mol. The molecule has 0 aromatic heterocycles.